The monoisotopic (exact) mass is 445 g/mol. The predicted molar refractivity (Wildman–Crippen MR) is 124 cm³/mol. The number of carbonyl (C=O) groups is 2. The number of aromatic nitrogens is 1. The summed E-state index contributed by atoms with van der Waals surface area (Å²) in [7, 11) is 1.61. The summed E-state index contributed by atoms with van der Waals surface area (Å²) >= 11 is 0. The van der Waals surface area contributed by atoms with E-state index in [0.29, 0.717) is 29.9 Å². The van der Waals surface area contributed by atoms with Crippen LogP contribution in [0, 0.1) is 25.2 Å². The molecule has 7 nitrogen and oxygen atoms in total. The van der Waals surface area contributed by atoms with Crippen LogP contribution in [0.1, 0.15) is 55.7 Å². The Labute approximate surface area is 193 Å². The standard InChI is InChI=1S/C26H27N3O4/c1-5-33-26(31)24-17(2)23(18(3)28-24)16-29(15-20-8-12-22(32-4)13-9-20)25(30)21-10-6-19(14-27)7-11-21/h6-13,28H,5,15-16H2,1-4H3. The van der Waals surface area contributed by atoms with E-state index in [-0.39, 0.29) is 12.5 Å². The summed E-state index contributed by atoms with van der Waals surface area (Å²) in [5.41, 5.74) is 4.76. The summed E-state index contributed by atoms with van der Waals surface area (Å²) in [6, 6.07) is 16.2. The number of amides is 1. The quantitative estimate of drug-likeness (QED) is 0.514. The highest BCUT2D eigenvalue weighted by Crippen LogP contribution is 2.23. The van der Waals surface area contributed by atoms with E-state index >= 15 is 0 Å². The highest BCUT2D eigenvalue weighted by atomic mass is 16.5. The Hall–Kier alpha value is -4.05. The van der Waals surface area contributed by atoms with Gasteiger partial charge in [-0.25, -0.2) is 4.79 Å². The number of hydrogen-bond acceptors (Lipinski definition) is 5. The van der Waals surface area contributed by atoms with Gasteiger partial charge < -0.3 is 19.4 Å². The Morgan fingerprint density at radius 1 is 1.03 bits per heavy atom. The van der Waals surface area contributed by atoms with Crippen LogP contribution in [0.3, 0.4) is 0 Å². The van der Waals surface area contributed by atoms with Gasteiger partial charge in [-0.1, -0.05) is 12.1 Å². The molecule has 170 valence electrons. The van der Waals surface area contributed by atoms with Crippen LogP contribution in [0.25, 0.3) is 0 Å². The maximum Gasteiger partial charge on any atom is 0.355 e. The third kappa shape index (κ3) is 5.42. The first kappa shape index (κ1) is 23.6. The largest absolute Gasteiger partial charge is 0.497 e. The molecule has 1 aromatic heterocycles. The lowest BCUT2D eigenvalue weighted by Gasteiger charge is -2.24. The number of nitrogens with zero attached hydrogens (tertiary/aromatic N) is 2. The molecule has 0 atom stereocenters. The number of benzene rings is 2. The Bertz CT molecular complexity index is 1170. The second-order valence-corrected chi connectivity index (χ2v) is 7.65. The van der Waals surface area contributed by atoms with Crippen LogP contribution < -0.4 is 4.74 Å². The Kier molecular flexibility index (Phi) is 7.52. The van der Waals surface area contributed by atoms with Crippen molar-refractivity contribution in [3.8, 4) is 11.8 Å². The fourth-order valence-electron chi connectivity index (χ4n) is 3.65. The van der Waals surface area contributed by atoms with E-state index in [1.54, 1.807) is 43.2 Å². The van der Waals surface area contributed by atoms with E-state index in [0.717, 1.165) is 28.1 Å². The maximum absolute atomic E-state index is 13.5. The SMILES string of the molecule is CCOC(=O)c1[nH]c(C)c(CN(Cc2ccc(OC)cc2)C(=O)c2ccc(C#N)cc2)c1C. The smallest absolute Gasteiger partial charge is 0.355 e. The number of esters is 1. The van der Waals surface area contributed by atoms with Crippen molar-refractivity contribution < 1.29 is 19.1 Å². The topological polar surface area (TPSA) is 95.4 Å². The van der Waals surface area contributed by atoms with Gasteiger partial charge in [-0.15, -0.1) is 0 Å². The van der Waals surface area contributed by atoms with Gasteiger partial charge in [0.05, 0.1) is 25.3 Å². The average molecular weight is 446 g/mol. The van der Waals surface area contributed by atoms with Crippen LogP contribution in [0.2, 0.25) is 0 Å². The zero-order valence-corrected chi connectivity index (χ0v) is 19.3. The molecule has 0 fully saturated rings. The number of H-pyrrole nitrogens is 1. The fraction of sp³-hybridized carbons (Fsp3) is 0.269. The van der Waals surface area contributed by atoms with Crippen molar-refractivity contribution in [3.05, 3.63) is 87.7 Å². The summed E-state index contributed by atoms with van der Waals surface area (Å²) in [5.74, 6) is 0.151. The summed E-state index contributed by atoms with van der Waals surface area (Å²) < 4.78 is 10.4. The molecule has 0 bridgehead atoms. The number of aromatic amines is 1. The number of nitriles is 1. The van der Waals surface area contributed by atoms with Crippen LogP contribution in [0.5, 0.6) is 5.75 Å². The highest BCUT2D eigenvalue weighted by molar-refractivity contribution is 5.94. The minimum Gasteiger partial charge on any atom is -0.497 e. The van der Waals surface area contributed by atoms with E-state index in [2.05, 4.69) is 11.1 Å². The maximum atomic E-state index is 13.5. The van der Waals surface area contributed by atoms with Gasteiger partial charge in [0.2, 0.25) is 0 Å². The van der Waals surface area contributed by atoms with E-state index < -0.39 is 5.97 Å². The lowest BCUT2D eigenvalue weighted by Crippen LogP contribution is -2.30. The van der Waals surface area contributed by atoms with E-state index in [1.165, 1.54) is 0 Å². The molecule has 0 saturated carbocycles. The Morgan fingerprint density at radius 3 is 2.27 bits per heavy atom. The van der Waals surface area contributed by atoms with Gasteiger partial charge in [0.25, 0.3) is 5.91 Å². The van der Waals surface area contributed by atoms with Crippen molar-refractivity contribution in [2.75, 3.05) is 13.7 Å². The molecule has 33 heavy (non-hydrogen) atoms. The summed E-state index contributed by atoms with van der Waals surface area (Å²) in [5, 5.41) is 9.06. The predicted octanol–water partition coefficient (Wildman–Crippen LogP) is 4.53. The minimum atomic E-state index is -0.413. The summed E-state index contributed by atoms with van der Waals surface area (Å²) in [4.78, 5) is 30.6. The molecule has 0 unspecified atom stereocenters. The second kappa shape index (κ2) is 10.5. The van der Waals surface area contributed by atoms with Crippen molar-refractivity contribution in [2.24, 2.45) is 0 Å². The number of nitrogens with one attached hydrogen (secondary N) is 1. The van der Waals surface area contributed by atoms with Gasteiger partial charge in [-0.2, -0.15) is 5.26 Å². The molecule has 0 aliphatic carbocycles. The average Bonchev–Trinajstić information content (AvgIpc) is 3.12. The Balaban J connectivity index is 1.95. The van der Waals surface area contributed by atoms with Crippen LogP contribution in [-0.4, -0.2) is 35.5 Å². The first-order valence-electron chi connectivity index (χ1n) is 10.7. The fourth-order valence-corrected chi connectivity index (χ4v) is 3.65. The third-order valence-electron chi connectivity index (χ3n) is 5.50. The number of carbonyl (C=O) groups excluding carboxylic acids is 2. The molecule has 2 aromatic carbocycles. The van der Waals surface area contributed by atoms with Crippen LogP contribution in [0.15, 0.2) is 48.5 Å². The molecule has 1 N–H and O–H groups in total. The zero-order valence-electron chi connectivity index (χ0n) is 19.3. The van der Waals surface area contributed by atoms with Gasteiger partial charge in [0.1, 0.15) is 11.4 Å². The molecule has 0 aliphatic heterocycles. The number of methoxy groups -OCH3 is 1. The lowest BCUT2D eigenvalue weighted by molar-refractivity contribution is 0.0519. The van der Waals surface area contributed by atoms with Crippen molar-refractivity contribution in [3.63, 3.8) is 0 Å². The number of aryl methyl sites for hydroxylation is 1. The zero-order chi connectivity index (χ0) is 24.0. The molecule has 0 aliphatic rings. The molecule has 1 heterocycles. The molecule has 7 heteroatoms. The van der Waals surface area contributed by atoms with Crippen molar-refractivity contribution in [1.29, 1.82) is 5.26 Å². The number of hydrogen-bond donors (Lipinski definition) is 1. The first-order chi connectivity index (χ1) is 15.9. The van der Waals surface area contributed by atoms with Crippen molar-refractivity contribution in [1.82, 2.24) is 9.88 Å². The molecule has 0 spiro atoms. The van der Waals surface area contributed by atoms with Crippen molar-refractivity contribution in [2.45, 2.75) is 33.9 Å². The normalized spacial score (nSPS) is 10.4. The molecule has 0 saturated heterocycles. The van der Waals surface area contributed by atoms with Gasteiger partial charge in [-0.3, -0.25) is 4.79 Å². The second-order valence-electron chi connectivity index (χ2n) is 7.65. The molecular formula is C26H27N3O4. The van der Waals surface area contributed by atoms with Crippen LogP contribution in [0.4, 0.5) is 0 Å². The van der Waals surface area contributed by atoms with E-state index in [9.17, 15) is 9.59 Å². The van der Waals surface area contributed by atoms with Crippen LogP contribution in [-0.2, 0) is 17.8 Å². The first-order valence-corrected chi connectivity index (χ1v) is 10.7. The number of ether oxygens (including phenoxy) is 2. The van der Waals surface area contributed by atoms with Gasteiger partial charge in [0.15, 0.2) is 0 Å². The van der Waals surface area contributed by atoms with Gasteiger partial charge in [-0.05, 0) is 73.9 Å². The van der Waals surface area contributed by atoms with Gasteiger partial charge in [0, 0.05) is 24.3 Å². The number of rotatable bonds is 8. The van der Waals surface area contributed by atoms with Crippen molar-refractivity contribution >= 4 is 11.9 Å². The Morgan fingerprint density at radius 2 is 1.70 bits per heavy atom. The molecular weight excluding hydrogens is 418 g/mol. The summed E-state index contributed by atoms with van der Waals surface area (Å²) in [6.07, 6.45) is 0. The lowest BCUT2D eigenvalue weighted by atomic mass is 10.1. The van der Waals surface area contributed by atoms with Crippen LogP contribution >= 0.6 is 0 Å². The van der Waals surface area contributed by atoms with E-state index in [1.807, 2.05) is 38.1 Å². The van der Waals surface area contributed by atoms with Gasteiger partial charge >= 0.3 is 5.97 Å². The van der Waals surface area contributed by atoms with E-state index in [4.69, 9.17) is 14.7 Å². The molecule has 1 amide bonds. The summed E-state index contributed by atoms with van der Waals surface area (Å²) in [6.45, 7) is 6.44. The molecule has 0 radical (unpaired) electrons. The third-order valence-corrected chi connectivity index (χ3v) is 5.50. The highest BCUT2D eigenvalue weighted by Gasteiger charge is 2.23. The minimum absolute atomic E-state index is 0.173. The molecule has 3 aromatic rings. The molecule has 3 rings (SSSR count).